The number of benzene rings is 1. The molecule has 0 amide bonds. The maximum absolute atomic E-state index is 10.1. The van der Waals surface area contributed by atoms with Crippen molar-refractivity contribution in [1.29, 1.82) is 0 Å². The summed E-state index contributed by atoms with van der Waals surface area (Å²) in [5.74, 6) is 3.90. The first kappa shape index (κ1) is 10.4. The van der Waals surface area contributed by atoms with Crippen molar-refractivity contribution in [3.8, 4) is 17.6 Å². The molecule has 0 aromatic heterocycles. The molecule has 14 heavy (non-hydrogen) atoms. The molecule has 4 heteroatoms. The van der Waals surface area contributed by atoms with Crippen LogP contribution < -0.4 is 0 Å². The van der Waals surface area contributed by atoms with Crippen molar-refractivity contribution in [3.63, 3.8) is 0 Å². The van der Waals surface area contributed by atoms with Crippen LogP contribution in [0.1, 0.15) is 12.0 Å². The summed E-state index contributed by atoms with van der Waals surface area (Å²) in [4.78, 5) is 10.1. The molecule has 0 radical (unpaired) electrons. The summed E-state index contributed by atoms with van der Waals surface area (Å²) in [6.45, 7) is 0. The summed E-state index contributed by atoms with van der Waals surface area (Å²) in [5, 5.41) is 18.0. The van der Waals surface area contributed by atoms with E-state index in [0.29, 0.717) is 10.6 Å². The monoisotopic (exact) mass is 210 g/mol. The highest BCUT2D eigenvalue weighted by Gasteiger charge is 1.98. The zero-order valence-corrected chi connectivity index (χ0v) is 7.88. The van der Waals surface area contributed by atoms with Crippen LogP contribution in [0.3, 0.4) is 0 Å². The average Bonchev–Trinajstić information content (AvgIpc) is 2.08. The minimum Gasteiger partial charge on any atom is -0.507 e. The summed E-state index contributed by atoms with van der Waals surface area (Å²) < 4.78 is 0. The third-order valence-electron chi connectivity index (χ3n) is 1.42. The van der Waals surface area contributed by atoms with Gasteiger partial charge < -0.3 is 10.2 Å². The molecule has 0 atom stereocenters. The van der Waals surface area contributed by atoms with E-state index < -0.39 is 5.97 Å². The average molecular weight is 211 g/mol. The van der Waals surface area contributed by atoms with Gasteiger partial charge in [-0.05, 0) is 18.2 Å². The van der Waals surface area contributed by atoms with Gasteiger partial charge >= 0.3 is 5.97 Å². The minimum absolute atomic E-state index is 0.0459. The number of phenolic OH excluding ortho intramolecular Hbond substituents is 1. The number of carboxylic acids is 1. The van der Waals surface area contributed by atoms with Crippen molar-refractivity contribution in [2.45, 2.75) is 6.42 Å². The second-order valence-corrected chi connectivity index (χ2v) is 2.97. The molecule has 72 valence electrons. The Morgan fingerprint density at radius 1 is 1.50 bits per heavy atom. The third kappa shape index (κ3) is 3.00. The molecule has 3 nitrogen and oxygen atoms in total. The van der Waals surface area contributed by atoms with Crippen molar-refractivity contribution in [3.05, 3.63) is 28.8 Å². The van der Waals surface area contributed by atoms with Crippen molar-refractivity contribution >= 4 is 17.6 Å². The second kappa shape index (κ2) is 4.54. The van der Waals surface area contributed by atoms with Gasteiger partial charge in [0, 0.05) is 5.02 Å². The fourth-order valence-electron chi connectivity index (χ4n) is 0.826. The molecule has 0 heterocycles. The number of aliphatic carboxylic acids is 1. The Morgan fingerprint density at radius 2 is 2.21 bits per heavy atom. The van der Waals surface area contributed by atoms with E-state index in [1.165, 1.54) is 12.1 Å². The molecular weight excluding hydrogens is 204 g/mol. The number of rotatable bonds is 1. The van der Waals surface area contributed by atoms with Crippen LogP contribution in [0.2, 0.25) is 5.02 Å². The molecule has 0 bridgehead atoms. The zero-order valence-electron chi connectivity index (χ0n) is 7.12. The van der Waals surface area contributed by atoms with E-state index in [-0.39, 0.29) is 12.2 Å². The molecule has 2 N–H and O–H groups in total. The van der Waals surface area contributed by atoms with Gasteiger partial charge in [-0.25, -0.2) is 0 Å². The van der Waals surface area contributed by atoms with E-state index in [1.54, 1.807) is 6.07 Å². The molecule has 0 unspecified atom stereocenters. The molecule has 0 spiro atoms. The maximum Gasteiger partial charge on any atom is 0.315 e. The largest absolute Gasteiger partial charge is 0.507 e. The first-order chi connectivity index (χ1) is 6.59. The fraction of sp³-hybridized carbons (Fsp3) is 0.100. The summed E-state index contributed by atoms with van der Waals surface area (Å²) >= 11 is 5.60. The molecule has 1 aromatic carbocycles. The Balaban J connectivity index is 2.85. The van der Waals surface area contributed by atoms with Gasteiger partial charge in [0.15, 0.2) is 0 Å². The van der Waals surface area contributed by atoms with Crippen LogP contribution >= 0.6 is 11.6 Å². The summed E-state index contributed by atoms with van der Waals surface area (Å²) in [7, 11) is 0. The fourth-order valence-corrected chi connectivity index (χ4v) is 0.992. The van der Waals surface area contributed by atoms with E-state index >= 15 is 0 Å². The van der Waals surface area contributed by atoms with E-state index in [4.69, 9.17) is 16.7 Å². The number of halogens is 1. The summed E-state index contributed by atoms with van der Waals surface area (Å²) in [6, 6.07) is 4.46. The van der Waals surface area contributed by atoms with Crippen molar-refractivity contribution in [1.82, 2.24) is 0 Å². The van der Waals surface area contributed by atoms with Gasteiger partial charge in [-0.2, -0.15) is 0 Å². The zero-order chi connectivity index (χ0) is 10.6. The van der Waals surface area contributed by atoms with E-state index in [2.05, 4.69) is 11.8 Å². The molecular formula is C10H7ClO3. The van der Waals surface area contributed by atoms with Crippen LogP contribution in [0, 0.1) is 11.8 Å². The predicted octanol–water partition coefficient (Wildman–Crippen LogP) is 1.87. The van der Waals surface area contributed by atoms with Crippen molar-refractivity contribution in [2.75, 3.05) is 0 Å². The van der Waals surface area contributed by atoms with Crippen molar-refractivity contribution in [2.24, 2.45) is 0 Å². The molecule has 1 aromatic rings. The van der Waals surface area contributed by atoms with Crippen LogP contribution in [-0.2, 0) is 4.79 Å². The first-order valence-electron chi connectivity index (χ1n) is 3.79. The molecule has 0 fully saturated rings. The highest BCUT2D eigenvalue weighted by Crippen LogP contribution is 2.20. The van der Waals surface area contributed by atoms with Crippen LogP contribution in [-0.4, -0.2) is 16.2 Å². The summed E-state index contributed by atoms with van der Waals surface area (Å²) in [6.07, 6.45) is -0.248. The van der Waals surface area contributed by atoms with Gasteiger partial charge in [0.1, 0.15) is 12.2 Å². The highest BCUT2D eigenvalue weighted by molar-refractivity contribution is 6.30. The second-order valence-electron chi connectivity index (χ2n) is 2.53. The van der Waals surface area contributed by atoms with Gasteiger partial charge in [-0.3, -0.25) is 4.79 Å². The van der Waals surface area contributed by atoms with Gasteiger partial charge in [-0.15, -0.1) is 0 Å². The summed E-state index contributed by atoms with van der Waals surface area (Å²) in [5.41, 5.74) is 0.371. The van der Waals surface area contributed by atoms with Crippen molar-refractivity contribution < 1.29 is 15.0 Å². The number of phenols is 1. The number of hydrogen-bond donors (Lipinski definition) is 2. The maximum atomic E-state index is 10.1. The smallest absolute Gasteiger partial charge is 0.315 e. The SMILES string of the molecule is O=C(O)CC#Cc1ccc(Cl)cc1O. The number of hydrogen-bond acceptors (Lipinski definition) is 2. The van der Waals surface area contributed by atoms with E-state index in [1.807, 2.05) is 0 Å². The lowest BCUT2D eigenvalue weighted by atomic mass is 10.2. The lowest BCUT2D eigenvalue weighted by Gasteiger charge is -1.95. The third-order valence-corrected chi connectivity index (χ3v) is 1.66. The Hall–Kier alpha value is -1.66. The molecule has 0 saturated carbocycles. The molecule has 0 aliphatic rings. The first-order valence-corrected chi connectivity index (χ1v) is 4.16. The Bertz CT molecular complexity index is 415. The van der Waals surface area contributed by atoms with Crippen LogP contribution in [0.25, 0.3) is 0 Å². The van der Waals surface area contributed by atoms with Crippen LogP contribution in [0.5, 0.6) is 5.75 Å². The van der Waals surface area contributed by atoms with Gasteiger partial charge in [0.05, 0.1) is 5.56 Å². The molecule has 0 saturated heterocycles. The normalized spacial score (nSPS) is 8.93. The van der Waals surface area contributed by atoms with Crippen LogP contribution in [0.15, 0.2) is 18.2 Å². The Morgan fingerprint density at radius 3 is 2.79 bits per heavy atom. The predicted molar refractivity (Wildman–Crippen MR) is 52.2 cm³/mol. The lowest BCUT2D eigenvalue weighted by molar-refractivity contribution is -0.135. The van der Waals surface area contributed by atoms with E-state index in [0.717, 1.165) is 0 Å². The minimum atomic E-state index is -0.994. The number of carbonyl (C=O) groups is 1. The van der Waals surface area contributed by atoms with Gasteiger partial charge in [-0.1, -0.05) is 23.4 Å². The number of aromatic hydroxyl groups is 1. The van der Waals surface area contributed by atoms with Gasteiger partial charge in [0.25, 0.3) is 0 Å². The molecule has 0 aliphatic heterocycles. The Labute approximate surface area is 85.9 Å². The van der Waals surface area contributed by atoms with Crippen LogP contribution in [0.4, 0.5) is 0 Å². The Kier molecular flexibility index (Phi) is 3.38. The van der Waals surface area contributed by atoms with Gasteiger partial charge in [0.2, 0.25) is 0 Å². The van der Waals surface area contributed by atoms with E-state index in [9.17, 15) is 9.90 Å². The molecule has 1 rings (SSSR count). The molecule has 0 aliphatic carbocycles. The number of carboxylic acid groups (broad SMARTS) is 1. The topological polar surface area (TPSA) is 57.5 Å². The standard InChI is InChI=1S/C10H7ClO3/c11-8-5-4-7(9(12)6-8)2-1-3-10(13)14/h4-6,12H,3H2,(H,13,14). The highest BCUT2D eigenvalue weighted by atomic mass is 35.5. The quantitative estimate of drug-likeness (QED) is 0.696. The lowest BCUT2D eigenvalue weighted by Crippen LogP contribution is -1.90.